The zero-order valence-electron chi connectivity index (χ0n) is 14.5. The molecule has 2 aromatic carbocycles. The fraction of sp³-hybridized carbons (Fsp3) is 0.211. The van der Waals surface area contributed by atoms with Gasteiger partial charge in [0.25, 0.3) is 5.91 Å². The molecular formula is C19H21N3O3. The molecule has 0 saturated heterocycles. The van der Waals surface area contributed by atoms with E-state index in [-0.39, 0.29) is 18.4 Å². The van der Waals surface area contributed by atoms with Gasteiger partial charge in [0.1, 0.15) is 5.75 Å². The molecule has 0 heterocycles. The summed E-state index contributed by atoms with van der Waals surface area (Å²) < 4.78 is 5.51. The fourth-order valence-electron chi connectivity index (χ4n) is 2.07. The predicted octanol–water partition coefficient (Wildman–Crippen LogP) is 2.79. The number of ether oxygens (including phenoxy) is 1. The number of aryl methyl sites for hydroxylation is 2. The average Bonchev–Trinajstić information content (AvgIpc) is 2.57. The van der Waals surface area contributed by atoms with Crippen LogP contribution in [0.3, 0.4) is 0 Å². The molecule has 0 fully saturated rings. The Morgan fingerprint density at radius 2 is 1.84 bits per heavy atom. The molecule has 2 aromatic rings. The standard InChI is InChI=1S/C19H21N3O3/c1-13-4-5-14(2)18(10-13)25-12-19(24)22-20-11-16-6-8-17(9-7-16)21-15(3)23/h4-11H,12H2,1-3H3,(H,21,23)(H,22,24)/b20-11+. The Bertz CT molecular complexity index is 783. The van der Waals surface area contributed by atoms with Crippen molar-refractivity contribution in [1.29, 1.82) is 0 Å². The number of hydrogen-bond acceptors (Lipinski definition) is 4. The Labute approximate surface area is 146 Å². The van der Waals surface area contributed by atoms with Crippen LogP contribution in [-0.4, -0.2) is 24.6 Å². The van der Waals surface area contributed by atoms with Crippen molar-refractivity contribution >= 4 is 23.7 Å². The van der Waals surface area contributed by atoms with E-state index in [9.17, 15) is 9.59 Å². The largest absolute Gasteiger partial charge is 0.483 e. The molecule has 0 aliphatic rings. The van der Waals surface area contributed by atoms with E-state index in [4.69, 9.17) is 4.74 Å². The first kappa shape index (κ1) is 18.2. The summed E-state index contributed by atoms with van der Waals surface area (Å²) in [6.07, 6.45) is 1.52. The number of anilines is 1. The molecule has 25 heavy (non-hydrogen) atoms. The minimum Gasteiger partial charge on any atom is -0.483 e. The van der Waals surface area contributed by atoms with Crippen LogP contribution in [0, 0.1) is 13.8 Å². The van der Waals surface area contributed by atoms with E-state index in [1.165, 1.54) is 13.1 Å². The second kappa shape index (κ2) is 8.63. The highest BCUT2D eigenvalue weighted by Crippen LogP contribution is 2.18. The van der Waals surface area contributed by atoms with Crippen molar-refractivity contribution < 1.29 is 14.3 Å². The molecule has 0 unspecified atom stereocenters. The van der Waals surface area contributed by atoms with E-state index in [1.807, 2.05) is 32.0 Å². The number of amides is 2. The van der Waals surface area contributed by atoms with Crippen LogP contribution in [0.2, 0.25) is 0 Å². The number of nitrogens with zero attached hydrogens (tertiary/aromatic N) is 1. The summed E-state index contributed by atoms with van der Waals surface area (Å²) in [4.78, 5) is 22.7. The molecule has 0 saturated carbocycles. The van der Waals surface area contributed by atoms with Gasteiger partial charge in [-0.25, -0.2) is 5.43 Å². The van der Waals surface area contributed by atoms with Gasteiger partial charge in [0.2, 0.25) is 5.91 Å². The maximum atomic E-state index is 11.8. The lowest BCUT2D eigenvalue weighted by molar-refractivity contribution is -0.123. The molecule has 6 nitrogen and oxygen atoms in total. The first-order valence-corrected chi connectivity index (χ1v) is 7.83. The zero-order valence-corrected chi connectivity index (χ0v) is 14.5. The number of hydrogen-bond donors (Lipinski definition) is 2. The van der Waals surface area contributed by atoms with E-state index in [2.05, 4.69) is 15.8 Å². The van der Waals surface area contributed by atoms with Gasteiger partial charge in [-0.05, 0) is 48.7 Å². The summed E-state index contributed by atoms with van der Waals surface area (Å²) in [5.74, 6) is 0.220. The monoisotopic (exact) mass is 339 g/mol. The smallest absolute Gasteiger partial charge is 0.277 e. The van der Waals surface area contributed by atoms with E-state index in [1.54, 1.807) is 24.3 Å². The number of hydrazone groups is 1. The van der Waals surface area contributed by atoms with Crippen molar-refractivity contribution in [1.82, 2.24) is 5.43 Å². The second-order valence-corrected chi connectivity index (χ2v) is 5.65. The second-order valence-electron chi connectivity index (χ2n) is 5.65. The average molecular weight is 339 g/mol. The normalized spacial score (nSPS) is 10.5. The van der Waals surface area contributed by atoms with Crippen LogP contribution in [0.4, 0.5) is 5.69 Å². The molecule has 0 aliphatic carbocycles. The van der Waals surface area contributed by atoms with Crippen LogP contribution in [0.1, 0.15) is 23.6 Å². The summed E-state index contributed by atoms with van der Waals surface area (Å²) in [6, 6.07) is 12.9. The van der Waals surface area contributed by atoms with Crippen molar-refractivity contribution in [2.24, 2.45) is 5.10 Å². The van der Waals surface area contributed by atoms with Crippen molar-refractivity contribution in [3.05, 3.63) is 59.2 Å². The fourth-order valence-corrected chi connectivity index (χ4v) is 2.07. The topological polar surface area (TPSA) is 79.8 Å². The lowest BCUT2D eigenvalue weighted by atomic mass is 10.1. The highest BCUT2D eigenvalue weighted by Gasteiger charge is 2.04. The van der Waals surface area contributed by atoms with Crippen molar-refractivity contribution in [3.63, 3.8) is 0 Å². The molecule has 0 spiro atoms. The molecule has 130 valence electrons. The Morgan fingerprint density at radius 1 is 1.12 bits per heavy atom. The van der Waals surface area contributed by atoms with E-state index in [0.29, 0.717) is 11.4 Å². The molecule has 0 aliphatic heterocycles. The lowest BCUT2D eigenvalue weighted by Gasteiger charge is -2.08. The molecule has 0 atom stereocenters. The molecule has 0 radical (unpaired) electrons. The number of nitrogens with one attached hydrogen (secondary N) is 2. The molecule has 2 N–H and O–H groups in total. The quantitative estimate of drug-likeness (QED) is 0.627. The summed E-state index contributed by atoms with van der Waals surface area (Å²) in [5, 5.41) is 6.57. The Kier molecular flexibility index (Phi) is 6.28. The maximum Gasteiger partial charge on any atom is 0.277 e. The Balaban J connectivity index is 1.82. The number of benzene rings is 2. The SMILES string of the molecule is CC(=O)Nc1ccc(/C=N/NC(=O)COc2cc(C)ccc2C)cc1. The Hall–Kier alpha value is -3.15. The van der Waals surface area contributed by atoms with Gasteiger partial charge >= 0.3 is 0 Å². The van der Waals surface area contributed by atoms with Gasteiger partial charge in [0, 0.05) is 12.6 Å². The van der Waals surface area contributed by atoms with Crippen LogP contribution in [-0.2, 0) is 9.59 Å². The van der Waals surface area contributed by atoms with Gasteiger partial charge < -0.3 is 10.1 Å². The van der Waals surface area contributed by atoms with Gasteiger partial charge in [-0.1, -0.05) is 24.3 Å². The molecule has 2 amide bonds. The molecular weight excluding hydrogens is 318 g/mol. The summed E-state index contributed by atoms with van der Waals surface area (Å²) >= 11 is 0. The van der Waals surface area contributed by atoms with Crippen LogP contribution >= 0.6 is 0 Å². The summed E-state index contributed by atoms with van der Waals surface area (Å²) in [7, 11) is 0. The first-order chi connectivity index (χ1) is 11.9. The first-order valence-electron chi connectivity index (χ1n) is 7.83. The Morgan fingerprint density at radius 3 is 2.52 bits per heavy atom. The third kappa shape index (κ3) is 6.10. The summed E-state index contributed by atoms with van der Waals surface area (Å²) in [5.41, 5.74) is 5.96. The minimum absolute atomic E-state index is 0.108. The highest BCUT2D eigenvalue weighted by atomic mass is 16.5. The lowest BCUT2D eigenvalue weighted by Crippen LogP contribution is -2.24. The van der Waals surface area contributed by atoms with Gasteiger partial charge in [-0.3, -0.25) is 9.59 Å². The van der Waals surface area contributed by atoms with Crippen LogP contribution in [0.5, 0.6) is 5.75 Å². The van der Waals surface area contributed by atoms with Crippen molar-refractivity contribution in [2.75, 3.05) is 11.9 Å². The number of rotatable bonds is 6. The van der Waals surface area contributed by atoms with Crippen molar-refractivity contribution in [3.8, 4) is 5.75 Å². The van der Waals surface area contributed by atoms with Gasteiger partial charge in [0.05, 0.1) is 6.21 Å². The van der Waals surface area contributed by atoms with Crippen LogP contribution in [0.15, 0.2) is 47.6 Å². The van der Waals surface area contributed by atoms with E-state index < -0.39 is 0 Å². The minimum atomic E-state index is -0.341. The van der Waals surface area contributed by atoms with Crippen LogP contribution < -0.4 is 15.5 Å². The van der Waals surface area contributed by atoms with E-state index in [0.717, 1.165) is 16.7 Å². The molecule has 2 rings (SSSR count). The predicted molar refractivity (Wildman–Crippen MR) is 97.9 cm³/mol. The number of carbonyl (C=O) groups is 2. The highest BCUT2D eigenvalue weighted by molar-refractivity contribution is 5.89. The summed E-state index contributed by atoms with van der Waals surface area (Å²) in [6.45, 7) is 5.23. The van der Waals surface area contributed by atoms with Gasteiger partial charge in [-0.2, -0.15) is 5.10 Å². The molecule has 0 bridgehead atoms. The number of carbonyl (C=O) groups excluding carboxylic acids is 2. The maximum absolute atomic E-state index is 11.8. The van der Waals surface area contributed by atoms with E-state index >= 15 is 0 Å². The molecule has 0 aromatic heterocycles. The van der Waals surface area contributed by atoms with Gasteiger partial charge in [-0.15, -0.1) is 0 Å². The third-order valence-corrected chi connectivity index (χ3v) is 3.34. The third-order valence-electron chi connectivity index (χ3n) is 3.34. The van der Waals surface area contributed by atoms with Crippen LogP contribution in [0.25, 0.3) is 0 Å². The van der Waals surface area contributed by atoms with Gasteiger partial charge in [0.15, 0.2) is 6.61 Å². The zero-order chi connectivity index (χ0) is 18.2. The van der Waals surface area contributed by atoms with Crippen molar-refractivity contribution in [2.45, 2.75) is 20.8 Å². The molecule has 6 heteroatoms.